The number of carbonyl (C=O) groups is 1. The number of nitrogens with zero attached hydrogens (tertiary/aromatic N) is 2. The molecule has 1 aromatic rings. The number of hydrogen-bond donors (Lipinski definition) is 2. The Morgan fingerprint density at radius 3 is 2.89 bits per heavy atom. The Kier molecular flexibility index (Phi) is 9.40. The Balaban J connectivity index is 0.00000280. The van der Waals surface area contributed by atoms with Gasteiger partial charge in [-0.05, 0) is 56.9 Å². The number of rotatable bonds is 7. The van der Waals surface area contributed by atoms with E-state index in [1.54, 1.807) is 0 Å². The van der Waals surface area contributed by atoms with E-state index in [2.05, 4.69) is 36.6 Å². The van der Waals surface area contributed by atoms with Crippen molar-refractivity contribution in [3.05, 3.63) is 29.8 Å². The number of para-hydroxylation sites is 1. The maximum atomic E-state index is 12.6. The van der Waals surface area contributed by atoms with E-state index >= 15 is 0 Å². The van der Waals surface area contributed by atoms with Gasteiger partial charge in [0.1, 0.15) is 0 Å². The van der Waals surface area contributed by atoms with Crippen LogP contribution in [0.15, 0.2) is 29.3 Å². The molecule has 1 unspecified atom stereocenters. The van der Waals surface area contributed by atoms with Crippen LogP contribution in [0.3, 0.4) is 0 Å². The lowest BCUT2D eigenvalue weighted by Crippen LogP contribution is -2.39. The van der Waals surface area contributed by atoms with Crippen LogP contribution in [-0.4, -0.2) is 48.5 Å². The third kappa shape index (κ3) is 6.27. The van der Waals surface area contributed by atoms with Gasteiger partial charge in [0.05, 0.1) is 6.54 Å². The van der Waals surface area contributed by atoms with Crippen molar-refractivity contribution in [1.29, 1.82) is 0 Å². The summed E-state index contributed by atoms with van der Waals surface area (Å²) in [6, 6.07) is 8.22. The van der Waals surface area contributed by atoms with Gasteiger partial charge in [-0.15, -0.1) is 24.0 Å². The van der Waals surface area contributed by atoms with Gasteiger partial charge in [-0.25, -0.2) is 0 Å². The van der Waals surface area contributed by atoms with Crippen LogP contribution >= 0.6 is 35.7 Å². The number of nitrogens with one attached hydrogen (secondary N) is 2. The molecule has 2 N–H and O–H groups in total. The summed E-state index contributed by atoms with van der Waals surface area (Å²) in [5.74, 6) is 2.33. The molecule has 5 nitrogen and oxygen atoms in total. The van der Waals surface area contributed by atoms with Gasteiger partial charge < -0.3 is 15.5 Å². The van der Waals surface area contributed by atoms with E-state index in [0.717, 1.165) is 50.7 Å². The van der Waals surface area contributed by atoms with Crippen molar-refractivity contribution in [2.75, 3.05) is 36.8 Å². The minimum atomic E-state index is 0. The molecule has 0 aliphatic carbocycles. The molecule has 2 heterocycles. The summed E-state index contributed by atoms with van der Waals surface area (Å²) in [7, 11) is 0. The van der Waals surface area contributed by atoms with Crippen molar-refractivity contribution < 1.29 is 4.79 Å². The molecule has 0 bridgehead atoms. The number of guanidine groups is 1. The predicted molar refractivity (Wildman–Crippen MR) is 131 cm³/mol. The Morgan fingerprint density at radius 1 is 1.32 bits per heavy atom. The summed E-state index contributed by atoms with van der Waals surface area (Å²) >= 11 is 2.03. The molecule has 2 aliphatic rings. The molecule has 0 radical (unpaired) electrons. The van der Waals surface area contributed by atoms with Crippen LogP contribution in [0.2, 0.25) is 0 Å². The second kappa shape index (κ2) is 11.3. The Morgan fingerprint density at radius 2 is 2.14 bits per heavy atom. The maximum Gasteiger partial charge on any atom is 0.227 e. The lowest BCUT2D eigenvalue weighted by molar-refractivity contribution is -0.118. The quantitative estimate of drug-likeness (QED) is 0.251. The monoisotopic (exact) mass is 516 g/mol. The van der Waals surface area contributed by atoms with Crippen LogP contribution in [0.4, 0.5) is 5.69 Å². The highest BCUT2D eigenvalue weighted by Crippen LogP contribution is 2.37. The number of thioether (sulfide) groups is 1. The first kappa shape index (κ1) is 23.3. The molecule has 0 aromatic heterocycles. The fraction of sp³-hybridized carbons (Fsp3) is 0.619. The summed E-state index contributed by atoms with van der Waals surface area (Å²) in [6.45, 7) is 7.65. The van der Waals surface area contributed by atoms with Gasteiger partial charge in [-0.1, -0.05) is 18.2 Å². The second-order valence-corrected chi connectivity index (χ2v) is 9.23. The van der Waals surface area contributed by atoms with E-state index in [-0.39, 0.29) is 34.6 Å². The van der Waals surface area contributed by atoms with Crippen LogP contribution in [0.25, 0.3) is 0 Å². The van der Waals surface area contributed by atoms with Gasteiger partial charge in [-0.3, -0.25) is 9.79 Å². The SMILES string of the molecule is CCNC(=NCC1(C)CCCS1)NCCCC(=O)N1CCc2ccccc21.I. The summed E-state index contributed by atoms with van der Waals surface area (Å²) in [5, 5.41) is 6.70. The number of hydrogen-bond acceptors (Lipinski definition) is 3. The van der Waals surface area contributed by atoms with Crippen molar-refractivity contribution in [3.8, 4) is 0 Å². The third-order valence-electron chi connectivity index (χ3n) is 5.26. The van der Waals surface area contributed by atoms with E-state index in [9.17, 15) is 4.79 Å². The molecule has 156 valence electrons. The smallest absolute Gasteiger partial charge is 0.227 e. The fourth-order valence-electron chi connectivity index (χ4n) is 3.73. The first-order chi connectivity index (χ1) is 13.1. The molecule has 1 amide bonds. The van der Waals surface area contributed by atoms with Gasteiger partial charge in [0, 0.05) is 36.5 Å². The lowest BCUT2D eigenvalue weighted by Gasteiger charge is -2.21. The summed E-state index contributed by atoms with van der Waals surface area (Å²) in [4.78, 5) is 19.3. The molecular formula is C21H33IN4OS. The van der Waals surface area contributed by atoms with Gasteiger partial charge in [0.25, 0.3) is 0 Å². The molecular weight excluding hydrogens is 483 g/mol. The van der Waals surface area contributed by atoms with E-state index < -0.39 is 0 Å². The molecule has 0 saturated carbocycles. The zero-order valence-electron chi connectivity index (χ0n) is 17.0. The zero-order valence-corrected chi connectivity index (χ0v) is 20.1. The van der Waals surface area contributed by atoms with E-state index in [1.165, 1.54) is 24.2 Å². The van der Waals surface area contributed by atoms with Crippen molar-refractivity contribution in [1.82, 2.24) is 10.6 Å². The Bertz CT molecular complexity index is 676. The van der Waals surface area contributed by atoms with Crippen LogP contribution in [0.1, 0.15) is 45.1 Å². The van der Waals surface area contributed by atoms with Crippen molar-refractivity contribution in [2.24, 2.45) is 4.99 Å². The minimum absolute atomic E-state index is 0. The van der Waals surface area contributed by atoms with Gasteiger partial charge >= 0.3 is 0 Å². The molecule has 0 spiro atoms. The molecule has 1 saturated heterocycles. The van der Waals surface area contributed by atoms with Crippen LogP contribution in [0.5, 0.6) is 0 Å². The average molecular weight is 516 g/mol. The maximum absolute atomic E-state index is 12.6. The average Bonchev–Trinajstić information content (AvgIpc) is 3.30. The second-order valence-electron chi connectivity index (χ2n) is 7.55. The number of amides is 1. The number of aliphatic imine (C=N–C) groups is 1. The van der Waals surface area contributed by atoms with Crippen LogP contribution in [-0.2, 0) is 11.2 Å². The van der Waals surface area contributed by atoms with Gasteiger partial charge in [0.2, 0.25) is 5.91 Å². The highest BCUT2D eigenvalue weighted by Gasteiger charge is 2.29. The Labute approximate surface area is 190 Å². The van der Waals surface area contributed by atoms with E-state index in [4.69, 9.17) is 4.99 Å². The van der Waals surface area contributed by atoms with Gasteiger partial charge in [-0.2, -0.15) is 11.8 Å². The van der Waals surface area contributed by atoms with Crippen molar-refractivity contribution in [3.63, 3.8) is 0 Å². The standard InChI is InChI=1S/C21H32N4OS.HI/c1-3-22-20(24-16-21(2)12-7-15-27-21)23-13-6-10-19(26)25-14-11-17-8-4-5-9-18(17)25;/h4-5,8-9H,3,6-7,10-16H2,1-2H3,(H2,22,23,24);1H. The van der Waals surface area contributed by atoms with Crippen LogP contribution < -0.4 is 15.5 Å². The Hall–Kier alpha value is -0.960. The van der Waals surface area contributed by atoms with E-state index in [1.807, 2.05) is 28.8 Å². The highest BCUT2D eigenvalue weighted by atomic mass is 127. The number of halogens is 1. The zero-order chi connectivity index (χ0) is 19.1. The largest absolute Gasteiger partial charge is 0.357 e. The summed E-state index contributed by atoms with van der Waals surface area (Å²) in [6.07, 6.45) is 4.88. The molecule has 1 aromatic carbocycles. The lowest BCUT2D eigenvalue weighted by atomic mass is 10.1. The number of anilines is 1. The van der Waals surface area contributed by atoms with Crippen molar-refractivity contribution >= 4 is 53.3 Å². The third-order valence-corrected chi connectivity index (χ3v) is 6.79. The molecule has 2 aliphatic heterocycles. The van der Waals surface area contributed by atoms with Crippen LogP contribution in [0, 0.1) is 0 Å². The first-order valence-electron chi connectivity index (χ1n) is 10.2. The normalized spacial score (nSPS) is 21.2. The first-order valence-corrected chi connectivity index (χ1v) is 11.1. The fourth-order valence-corrected chi connectivity index (χ4v) is 4.95. The minimum Gasteiger partial charge on any atom is -0.357 e. The summed E-state index contributed by atoms with van der Waals surface area (Å²) < 4.78 is 0.279. The molecule has 3 rings (SSSR count). The molecule has 28 heavy (non-hydrogen) atoms. The molecule has 1 atom stereocenters. The van der Waals surface area contributed by atoms with E-state index in [0.29, 0.717) is 6.42 Å². The molecule has 7 heteroatoms. The highest BCUT2D eigenvalue weighted by molar-refractivity contribution is 14.0. The van der Waals surface area contributed by atoms with Gasteiger partial charge in [0.15, 0.2) is 5.96 Å². The number of carbonyl (C=O) groups excluding carboxylic acids is 1. The predicted octanol–water partition coefficient (Wildman–Crippen LogP) is 3.81. The number of benzene rings is 1. The topological polar surface area (TPSA) is 56.7 Å². The summed E-state index contributed by atoms with van der Waals surface area (Å²) in [5.41, 5.74) is 2.37. The number of fused-ring (bicyclic) bond motifs is 1. The molecule has 1 fully saturated rings. The van der Waals surface area contributed by atoms with Crippen molar-refractivity contribution in [2.45, 2.75) is 50.7 Å².